The van der Waals surface area contributed by atoms with E-state index in [0.29, 0.717) is 11.3 Å². The zero-order valence-corrected chi connectivity index (χ0v) is 18.1. The number of carboxylic acids is 1. The van der Waals surface area contributed by atoms with Crippen LogP contribution in [0.25, 0.3) is 11.1 Å². The molecule has 0 saturated heterocycles. The number of fused-ring (bicyclic) bond motifs is 3. The highest BCUT2D eigenvalue weighted by Gasteiger charge is 2.29. The van der Waals surface area contributed by atoms with Crippen LogP contribution in [-0.2, 0) is 9.53 Å². The summed E-state index contributed by atoms with van der Waals surface area (Å²) in [4.78, 5) is 35.7. The topological polar surface area (TPSA) is 105 Å². The van der Waals surface area contributed by atoms with Crippen LogP contribution in [0.4, 0.5) is 10.5 Å². The van der Waals surface area contributed by atoms with Crippen molar-refractivity contribution in [2.45, 2.75) is 25.3 Å². The molecular weight excluding hydrogens is 420 g/mol. The van der Waals surface area contributed by atoms with Gasteiger partial charge in [0.25, 0.3) is 5.91 Å². The number of anilines is 1. The minimum absolute atomic E-state index is 0.0324. The van der Waals surface area contributed by atoms with E-state index in [0.717, 1.165) is 22.3 Å². The fourth-order valence-corrected chi connectivity index (χ4v) is 4.04. The van der Waals surface area contributed by atoms with Gasteiger partial charge < -0.3 is 15.2 Å². The molecule has 0 fully saturated rings. The van der Waals surface area contributed by atoms with Crippen molar-refractivity contribution in [3.63, 3.8) is 0 Å². The van der Waals surface area contributed by atoms with Crippen molar-refractivity contribution >= 4 is 23.7 Å². The van der Waals surface area contributed by atoms with Crippen LogP contribution in [0.3, 0.4) is 0 Å². The van der Waals surface area contributed by atoms with Crippen molar-refractivity contribution < 1.29 is 24.2 Å². The highest BCUT2D eigenvalue weighted by Crippen LogP contribution is 2.44. The van der Waals surface area contributed by atoms with Crippen molar-refractivity contribution in [2.75, 3.05) is 11.9 Å². The third-order valence-corrected chi connectivity index (χ3v) is 5.75. The quantitative estimate of drug-likeness (QED) is 0.492. The van der Waals surface area contributed by atoms with Crippen LogP contribution in [0.2, 0.25) is 0 Å². The molecule has 0 bridgehead atoms. The molecule has 7 nitrogen and oxygen atoms in total. The maximum Gasteiger partial charge on any atom is 0.411 e. The smallest absolute Gasteiger partial charge is 0.411 e. The molecule has 1 unspecified atom stereocenters. The number of hydrogen-bond acceptors (Lipinski definition) is 4. The fourth-order valence-electron chi connectivity index (χ4n) is 4.04. The normalized spacial score (nSPS) is 12.9. The summed E-state index contributed by atoms with van der Waals surface area (Å²) in [5.74, 6) is -1.61. The first-order valence-corrected chi connectivity index (χ1v) is 10.7. The second-order valence-electron chi connectivity index (χ2n) is 7.80. The van der Waals surface area contributed by atoms with E-state index in [1.165, 1.54) is 12.1 Å². The number of nitrogens with one attached hydrogen (secondary N) is 2. The average Bonchev–Trinajstić information content (AvgIpc) is 3.15. The second-order valence-corrected chi connectivity index (χ2v) is 7.80. The Kier molecular flexibility index (Phi) is 6.40. The summed E-state index contributed by atoms with van der Waals surface area (Å²) in [5.41, 5.74) is 5.34. The maximum atomic E-state index is 12.4. The number of rotatable bonds is 7. The predicted octanol–water partition coefficient (Wildman–Crippen LogP) is 4.64. The lowest BCUT2D eigenvalue weighted by Crippen LogP contribution is -2.40. The number of carbonyl (C=O) groups is 3. The summed E-state index contributed by atoms with van der Waals surface area (Å²) in [5, 5.41) is 14.2. The number of carboxylic acid groups (broad SMARTS) is 1. The van der Waals surface area contributed by atoms with Gasteiger partial charge in [-0.1, -0.05) is 55.5 Å². The Morgan fingerprint density at radius 3 is 2.03 bits per heavy atom. The van der Waals surface area contributed by atoms with Crippen LogP contribution in [0.15, 0.2) is 72.8 Å². The first-order valence-electron chi connectivity index (χ1n) is 10.7. The van der Waals surface area contributed by atoms with Crippen LogP contribution >= 0.6 is 0 Å². The molecule has 168 valence electrons. The van der Waals surface area contributed by atoms with E-state index in [4.69, 9.17) is 9.84 Å². The molecule has 0 saturated carbocycles. The molecule has 3 N–H and O–H groups in total. The third kappa shape index (κ3) is 4.72. The van der Waals surface area contributed by atoms with Gasteiger partial charge in [-0.05, 0) is 52.9 Å². The van der Waals surface area contributed by atoms with Gasteiger partial charge in [-0.25, -0.2) is 9.59 Å². The Balaban J connectivity index is 1.36. The van der Waals surface area contributed by atoms with Gasteiger partial charge in [0, 0.05) is 17.2 Å². The zero-order chi connectivity index (χ0) is 23.4. The van der Waals surface area contributed by atoms with Crippen LogP contribution < -0.4 is 10.6 Å². The summed E-state index contributed by atoms with van der Waals surface area (Å²) >= 11 is 0. The van der Waals surface area contributed by atoms with E-state index in [2.05, 4.69) is 34.9 Å². The molecule has 4 rings (SSSR count). The number of amides is 2. The predicted molar refractivity (Wildman–Crippen MR) is 124 cm³/mol. The molecular formula is C26H24N2O5. The summed E-state index contributed by atoms with van der Waals surface area (Å²) in [7, 11) is 0. The van der Waals surface area contributed by atoms with Gasteiger partial charge in [0.1, 0.15) is 12.6 Å². The van der Waals surface area contributed by atoms with Crippen LogP contribution in [0.5, 0.6) is 0 Å². The van der Waals surface area contributed by atoms with Crippen molar-refractivity contribution in [3.8, 4) is 11.1 Å². The number of hydrogen-bond donors (Lipinski definition) is 3. The molecule has 0 aromatic heterocycles. The Morgan fingerprint density at radius 1 is 0.909 bits per heavy atom. The highest BCUT2D eigenvalue weighted by atomic mass is 16.5. The van der Waals surface area contributed by atoms with Gasteiger partial charge in [-0.2, -0.15) is 0 Å². The van der Waals surface area contributed by atoms with Crippen molar-refractivity contribution in [1.82, 2.24) is 5.32 Å². The number of carbonyl (C=O) groups excluding carboxylic acids is 2. The van der Waals surface area contributed by atoms with E-state index < -0.39 is 24.0 Å². The average molecular weight is 444 g/mol. The summed E-state index contributed by atoms with van der Waals surface area (Å²) in [6.07, 6.45) is -0.311. The summed E-state index contributed by atoms with van der Waals surface area (Å²) in [6.45, 7) is 1.88. The Labute approximate surface area is 191 Å². The molecule has 1 aliphatic rings. The first kappa shape index (κ1) is 22.1. The minimum Gasteiger partial charge on any atom is -0.480 e. The van der Waals surface area contributed by atoms with Crippen LogP contribution in [0, 0.1) is 0 Å². The molecule has 0 spiro atoms. The molecule has 0 heterocycles. The first-order chi connectivity index (χ1) is 16.0. The Morgan fingerprint density at radius 2 is 1.48 bits per heavy atom. The molecule has 0 aliphatic heterocycles. The third-order valence-electron chi connectivity index (χ3n) is 5.75. The SMILES string of the molecule is CCC(NC(=O)c1ccc(NC(=O)OCC2c3ccccc3-c3ccccc32)cc1)C(=O)O. The summed E-state index contributed by atoms with van der Waals surface area (Å²) < 4.78 is 5.52. The Bertz CT molecular complexity index is 1140. The highest BCUT2D eigenvalue weighted by molar-refractivity contribution is 5.97. The monoisotopic (exact) mass is 444 g/mol. The number of aliphatic carboxylic acids is 1. The fraction of sp³-hybridized carbons (Fsp3) is 0.192. The summed E-state index contributed by atoms with van der Waals surface area (Å²) in [6, 6.07) is 21.4. The van der Waals surface area contributed by atoms with Gasteiger partial charge in [0.05, 0.1) is 0 Å². The van der Waals surface area contributed by atoms with E-state index in [1.807, 2.05) is 24.3 Å². The van der Waals surface area contributed by atoms with Gasteiger partial charge in [-0.15, -0.1) is 0 Å². The van der Waals surface area contributed by atoms with E-state index in [-0.39, 0.29) is 18.9 Å². The second kappa shape index (κ2) is 9.56. The molecule has 2 amide bonds. The molecule has 1 atom stereocenters. The lowest BCUT2D eigenvalue weighted by Gasteiger charge is -2.15. The van der Waals surface area contributed by atoms with E-state index >= 15 is 0 Å². The largest absolute Gasteiger partial charge is 0.480 e. The van der Waals surface area contributed by atoms with Gasteiger partial charge >= 0.3 is 12.1 Å². The maximum absolute atomic E-state index is 12.4. The lowest BCUT2D eigenvalue weighted by atomic mass is 9.98. The van der Waals surface area contributed by atoms with Crippen LogP contribution in [0.1, 0.15) is 40.7 Å². The van der Waals surface area contributed by atoms with Crippen molar-refractivity contribution in [2.24, 2.45) is 0 Å². The van der Waals surface area contributed by atoms with E-state index in [9.17, 15) is 14.4 Å². The van der Waals surface area contributed by atoms with Gasteiger partial charge in [0.15, 0.2) is 0 Å². The molecule has 7 heteroatoms. The van der Waals surface area contributed by atoms with Crippen LogP contribution in [-0.4, -0.2) is 35.7 Å². The Hall–Kier alpha value is -4.13. The number of benzene rings is 3. The molecule has 1 aliphatic carbocycles. The van der Waals surface area contributed by atoms with Crippen molar-refractivity contribution in [1.29, 1.82) is 0 Å². The standard InChI is InChI=1S/C26H24N2O5/c1-2-23(25(30)31)28-24(29)16-11-13-17(14-12-16)27-26(32)33-15-22-20-9-5-3-7-18(20)19-8-4-6-10-21(19)22/h3-14,22-23H,2,15H2,1H3,(H,27,32)(H,28,29)(H,30,31). The molecule has 33 heavy (non-hydrogen) atoms. The molecule has 0 radical (unpaired) electrons. The van der Waals surface area contributed by atoms with E-state index in [1.54, 1.807) is 19.1 Å². The minimum atomic E-state index is -1.08. The van der Waals surface area contributed by atoms with Gasteiger partial charge in [0.2, 0.25) is 0 Å². The molecule has 3 aromatic rings. The zero-order valence-electron chi connectivity index (χ0n) is 18.1. The van der Waals surface area contributed by atoms with Crippen molar-refractivity contribution in [3.05, 3.63) is 89.5 Å². The number of ether oxygens (including phenoxy) is 1. The van der Waals surface area contributed by atoms with Gasteiger partial charge in [-0.3, -0.25) is 10.1 Å². The lowest BCUT2D eigenvalue weighted by molar-refractivity contribution is -0.139. The molecule has 3 aromatic carbocycles.